The van der Waals surface area contributed by atoms with Gasteiger partial charge in [0.2, 0.25) is 0 Å². The van der Waals surface area contributed by atoms with Crippen LogP contribution in [0.15, 0.2) is 40.2 Å². The molecule has 1 amide bonds. The quantitative estimate of drug-likeness (QED) is 0.669. The summed E-state index contributed by atoms with van der Waals surface area (Å²) in [6.07, 6.45) is 0. The van der Waals surface area contributed by atoms with E-state index in [1.165, 1.54) is 12.1 Å². The Bertz CT molecular complexity index is 857. The van der Waals surface area contributed by atoms with Crippen molar-refractivity contribution in [3.8, 4) is 11.3 Å². The highest BCUT2D eigenvalue weighted by atomic mass is 35.5. The second-order valence-electron chi connectivity index (χ2n) is 5.30. The van der Waals surface area contributed by atoms with Gasteiger partial charge in [0.1, 0.15) is 22.8 Å². The van der Waals surface area contributed by atoms with E-state index in [-0.39, 0.29) is 27.8 Å². The maximum atomic E-state index is 14.2. The molecule has 7 heteroatoms. The molecule has 0 radical (unpaired) electrons. The average molecular weight is 365 g/mol. The number of nitrogens with zero attached hydrogens (tertiary/aromatic N) is 2. The monoisotopic (exact) mass is 364 g/mol. The first-order valence-corrected chi connectivity index (χ1v) is 8.43. The van der Waals surface area contributed by atoms with Gasteiger partial charge in [-0.2, -0.15) is 0 Å². The molecule has 0 saturated carbocycles. The molecule has 0 atom stereocenters. The van der Waals surface area contributed by atoms with E-state index in [4.69, 9.17) is 16.1 Å². The van der Waals surface area contributed by atoms with Gasteiger partial charge in [0.05, 0.1) is 17.1 Å². The fourth-order valence-electron chi connectivity index (χ4n) is 2.42. The van der Waals surface area contributed by atoms with Crippen molar-refractivity contribution in [2.75, 3.05) is 7.05 Å². The Balaban J connectivity index is 2.00. The minimum absolute atomic E-state index is 0.0730. The van der Waals surface area contributed by atoms with Gasteiger partial charge in [-0.1, -0.05) is 28.9 Å². The molecule has 2 aromatic heterocycles. The van der Waals surface area contributed by atoms with Crippen LogP contribution in [0.3, 0.4) is 0 Å². The van der Waals surface area contributed by atoms with Gasteiger partial charge in [-0.25, -0.2) is 4.39 Å². The van der Waals surface area contributed by atoms with Gasteiger partial charge in [-0.15, -0.1) is 11.3 Å². The van der Waals surface area contributed by atoms with Crippen LogP contribution >= 0.6 is 22.9 Å². The van der Waals surface area contributed by atoms with Crippen molar-refractivity contribution in [2.24, 2.45) is 0 Å². The fraction of sp³-hybridized carbons (Fsp3) is 0.176. The van der Waals surface area contributed by atoms with Crippen LogP contribution < -0.4 is 0 Å². The van der Waals surface area contributed by atoms with E-state index < -0.39 is 5.82 Å². The maximum Gasteiger partial charge on any atom is 0.259 e. The zero-order chi connectivity index (χ0) is 17.3. The molecular formula is C17H14ClFN2O2S. The predicted octanol–water partition coefficient (Wildman–Crippen LogP) is 4.78. The lowest BCUT2D eigenvalue weighted by Gasteiger charge is -2.16. The number of rotatable bonds is 4. The smallest absolute Gasteiger partial charge is 0.259 e. The molecule has 2 heterocycles. The third-order valence-corrected chi connectivity index (χ3v) is 4.77. The summed E-state index contributed by atoms with van der Waals surface area (Å²) in [6, 6.07) is 8.19. The summed E-state index contributed by atoms with van der Waals surface area (Å²) in [5, 5.41) is 5.99. The number of thiophene rings is 1. The van der Waals surface area contributed by atoms with E-state index >= 15 is 0 Å². The van der Waals surface area contributed by atoms with Gasteiger partial charge < -0.3 is 9.42 Å². The van der Waals surface area contributed by atoms with Gasteiger partial charge in [-0.05, 0) is 30.5 Å². The molecule has 4 nitrogen and oxygen atoms in total. The Kier molecular flexibility index (Phi) is 4.69. The molecule has 0 aliphatic rings. The number of carbonyl (C=O) groups is 1. The first-order valence-electron chi connectivity index (χ1n) is 7.17. The molecule has 0 unspecified atom stereocenters. The molecule has 0 aliphatic heterocycles. The summed E-state index contributed by atoms with van der Waals surface area (Å²) < 4.78 is 19.4. The molecule has 1 aromatic carbocycles. The predicted molar refractivity (Wildman–Crippen MR) is 91.8 cm³/mol. The molecule has 0 aliphatic carbocycles. The number of halogens is 2. The molecule has 3 rings (SSSR count). The highest BCUT2D eigenvalue weighted by Crippen LogP contribution is 2.34. The second kappa shape index (κ2) is 6.75. The first kappa shape index (κ1) is 16.7. The molecule has 0 spiro atoms. The van der Waals surface area contributed by atoms with Gasteiger partial charge in [-0.3, -0.25) is 4.79 Å². The molecular weight excluding hydrogens is 351 g/mol. The summed E-state index contributed by atoms with van der Waals surface area (Å²) >= 11 is 7.66. The van der Waals surface area contributed by atoms with Crippen LogP contribution in [-0.4, -0.2) is 23.0 Å². The zero-order valence-electron chi connectivity index (χ0n) is 13.0. The maximum absolute atomic E-state index is 14.2. The minimum Gasteiger partial charge on any atom is -0.360 e. The summed E-state index contributed by atoms with van der Waals surface area (Å²) in [5.74, 6) is -0.519. The molecule has 3 aromatic rings. The highest BCUT2D eigenvalue weighted by molar-refractivity contribution is 7.09. The van der Waals surface area contributed by atoms with Crippen LogP contribution in [0.5, 0.6) is 0 Å². The first-order chi connectivity index (χ1) is 11.5. The lowest BCUT2D eigenvalue weighted by molar-refractivity contribution is 0.0785. The largest absolute Gasteiger partial charge is 0.360 e. The standard InChI is InChI=1S/C17H14ClFN2O2S/c1-10-14(17(22)21(2)9-11-5-4-8-24-11)16(20-23-10)15-12(18)6-3-7-13(15)19/h3-8H,9H2,1-2H3. The van der Waals surface area contributed by atoms with Crippen molar-refractivity contribution in [3.63, 3.8) is 0 Å². The molecule has 124 valence electrons. The molecule has 24 heavy (non-hydrogen) atoms. The number of amides is 1. The number of aryl methyl sites for hydroxylation is 1. The minimum atomic E-state index is -0.550. The van der Waals surface area contributed by atoms with Crippen molar-refractivity contribution in [1.82, 2.24) is 10.1 Å². The topological polar surface area (TPSA) is 46.3 Å². The number of aromatic nitrogens is 1. The fourth-order valence-corrected chi connectivity index (χ4v) is 3.43. The van der Waals surface area contributed by atoms with Crippen LogP contribution in [0, 0.1) is 12.7 Å². The van der Waals surface area contributed by atoms with Gasteiger partial charge in [0, 0.05) is 11.9 Å². The normalized spacial score (nSPS) is 10.8. The van der Waals surface area contributed by atoms with Crippen LogP contribution in [0.4, 0.5) is 4.39 Å². The van der Waals surface area contributed by atoms with E-state index in [2.05, 4.69) is 5.16 Å². The molecule has 0 fully saturated rings. The molecule has 0 saturated heterocycles. The number of hydrogen-bond acceptors (Lipinski definition) is 4. The lowest BCUT2D eigenvalue weighted by atomic mass is 10.0. The van der Waals surface area contributed by atoms with Crippen molar-refractivity contribution in [3.05, 3.63) is 62.8 Å². The van der Waals surface area contributed by atoms with Crippen LogP contribution in [0.1, 0.15) is 21.0 Å². The lowest BCUT2D eigenvalue weighted by Crippen LogP contribution is -2.26. The van der Waals surface area contributed by atoms with Gasteiger partial charge >= 0.3 is 0 Å². The number of carbonyl (C=O) groups excluding carboxylic acids is 1. The average Bonchev–Trinajstić information content (AvgIpc) is 3.16. The third-order valence-electron chi connectivity index (χ3n) is 3.60. The number of benzene rings is 1. The second-order valence-corrected chi connectivity index (χ2v) is 6.74. The summed E-state index contributed by atoms with van der Waals surface area (Å²) in [5.41, 5.74) is 0.420. The van der Waals surface area contributed by atoms with Crippen molar-refractivity contribution in [1.29, 1.82) is 0 Å². The van der Waals surface area contributed by atoms with Crippen LogP contribution in [-0.2, 0) is 6.54 Å². The van der Waals surface area contributed by atoms with E-state index in [0.717, 1.165) is 4.88 Å². The van der Waals surface area contributed by atoms with Crippen LogP contribution in [0.2, 0.25) is 5.02 Å². The van der Waals surface area contributed by atoms with Crippen molar-refractivity contribution < 1.29 is 13.7 Å². The van der Waals surface area contributed by atoms with Gasteiger partial charge in [0.25, 0.3) is 5.91 Å². The Morgan fingerprint density at radius 1 is 1.38 bits per heavy atom. The summed E-state index contributed by atoms with van der Waals surface area (Å²) in [7, 11) is 1.68. The number of hydrogen-bond donors (Lipinski definition) is 0. The van der Waals surface area contributed by atoms with Crippen molar-refractivity contribution in [2.45, 2.75) is 13.5 Å². The zero-order valence-corrected chi connectivity index (χ0v) is 14.6. The van der Waals surface area contributed by atoms with Crippen LogP contribution in [0.25, 0.3) is 11.3 Å². The highest BCUT2D eigenvalue weighted by Gasteiger charge is 2.27. The summed E-state index contributed by atoms with van der Waals surface area (Å²) in [6.45, 7) is 2.07. The van der Waals surface area contributed by atoms with Crippen molar-refractivity contribution >= 4 is 28.8 Å². The van der Waals surface area contributed by atoms with Gasteiger partial charge in [0.15, 0.2) is 0 Å². The van der Waals surface area contributed by atoms with E-state index in [1.54, 1.807) is 36.3 Å². The third kappa shape index (κ3) is 3.07. The van der Waals surface area contributed by atoms with E-state index in [0.29, 0.717) is 12.3 Å². The Morgan fingerprint density at radius 3 is 2.83 bits per heavy atom. The molecule has 0 N–H and O–H groups in total. The molecule has 0 bridgehead atoms. The SMILES string of the molecule is Cc1onc(-c2c(F)cccc2Cl)c1C(=O)N(C)Cc1cccs1. The van der Waals surface area contributed by atoms with E-state index in [9.17, 15) is 9.18 Å². The Labute approximate surface area is 147 Å². The summed E-state index contributed by atoms with van der Waals surface area (Å²) in [4.78, 5) is 15.4. The Morgan fingerprint density at radius 2 is 2.17 bits per heavy atom. The van der Waals surface area contributed by atoms with E-state index in [1.807, 2.05) is 17.5 Å². The Hall–Kier alpha value is -2.18.